The lowest BCUT2D eigenvalue weighted by atomic mass is 9.79. The van der Waals surface area contributed by atoms with Gasteiger partial charge in [0, 0.05) is 0 Å². The highest BCUT2D eigenvalue weighted by molar-refractivity contribution is 5.60. The van der Waals surface area contributed by atoms with Gasteiger partial charge in [-0.25, -0.2) is 4.79 Å². The van der Waals surface area contributed by atoms with Crippen LogP contribution in [-0.4, -0.2) is 32.6 Å². The molecule has 0 unspecified atom stereocenters. The number of carbonyl (C=O) groups excluding carboxylic acids is 1. The SMILES string of the molecule is O=C1OCC(COC(c2ccccc2)(c2ccccc2)c2ccccc2)(COC(c2ccccc2)(c2ccccc2)c2ccccc2)CO1. The van der Waals surface area contributed by atoms with E-state index in [4.69, 9.17) is 18.9 Å². The topological polar surface area (TPSA) is 54.0 Å². The number of ether oxygens (including phenoxy) is 4. The minimum Gasteiger partial charge on any atom is -0.433 e. The lowest BCUT2D eigenvalue weighted by molar-refractivity contribution is -0.158. The molecule has 1 aliphatic heterocycles. The minimum absolute atomic E-state index is 0.0642. The van der Waals surface area contributed by atoms with Crippen LogP contribution in [0, 0.1) is 5.41 Å². The average Bonchev–Trinajstić information content (AvgIpc) is 3.19. The molecule has 7 rings (SSSR count). The van der Waals surface area contributed by atoms with Gasteiger partial charge in [0.15, 0.2) is 0 Å². The third-order valence-electron chi connectivity index (χ3n) is 9.26. The standard InChI is InChI=1S/C44H38O5/c45-41-46-31-42(32-47-41,33-48-43(35-19-7-1-8-20-35,36-21-9-2-10-22-36)37-23-11-3-12-24-37)34-49-44(38-25-13-4-14-26-38,39-27-15-5-16-28-39)40-29-17-6-18-30-40/h1-30H,31-34H2. The molecule has 0 spiro atoms. The molecule has 0 aliphatic carbocycles. The van der Waals surface area contributed by atoms with Gasteiger partial charge < -0.3 is 18.9 Å². The summed E-state index contributed by atoms with van der Waals surface area (Å²) in [6, 6.07) is 61.4. The molecule has 1 aliphatic rings. The second-order valence-corrected chi connectivity index (χ2v) is 12.5. The van der Waals surface area contributed by atoms with Crippen LogP contribution in [-0.2, 0) is 30.1 Å². The summed E-state index contributed by atoms with van der Waals surface area (Å²) in [4.78, 5) is 12.4. The van der Waals surface area contributed by atoms with Crippen LogP contribution < -0.4 is 0 Å². The molecular weight excluding hydrogens is 608 g/mol. The first-order chi connectivity index (χ1) is 24.1. The quantitative estimate of drug-likeness (QED) is 0.0981. The van der Waals surface area contributed by atoms with Gasteiger partial charge in [-0.3, -0.25) is 0 Å². The Hall–Kier alpha value is -5.49. The third kappa shape index (κ3) is 6.39. The summed E-state index contributed by atoms with van der Waals surface area (Å²) >= 11 is 0. The van der Waals surface area contributed by atoms with E-state index in [0.717, 1.165) is 33.4 Å². The zero-order valence-corrected chi connectivity index (χ0v) is 27.2. The van der Waals surface area contributed by atoms with Gasteiger partial charge in [-0.2, -0.15) is 0 Å². The van der Waals surface area contributed by atoms with Gasteiger partial charge in [-0.05, 0) is 33.4 Å². The van der Waals surface area contributed by atoms with Crippen molar-refractivity contribution in [1.29, 1.82) is 0 Å². The van der Waals surface area contributed by atoms with Crippen LogP contribution in [0.3, 0.4) is 0 Å². The molecule has 0 saturated carbocycles. The molecule has 6 aromatic rings. The van der Waals surface area contributed by atoms with Crippen molar-refractivity contribution >= 4 is 6.16 Å². The zero-order valence-electron chi connectivity index (χ0n) is 27.2. The van der Waals surface area contributed by atoms with Crippen molar-refractivity contribution in [1.82, 2.24) is 0 Å². The lowest BCUT2D eigenvalue weighted by Crippen LogP contribution is -2.50. The van der Waals surface area contributed by atoms with Crippen molar-refractivity contribution in [3.63, 3.8) is 0 Å². The third-order valence-corrected chi connectivity index (χ3v) is 9.26. The first-order valence-corrected chi connectivity index (χ1v) is 16.6. The van der Waals surface area contributed by atoms with Gasteiger partial charge in [0.2, 0.25) is 0 Å². The Balaban J connectivity index is 1.33. The van der Waals surface area contributed by atoms with Crippen LogP contribution >= 0.6 is 0 Å². The van der Waals surface area contributed by atoms with Gasteiger partial charge in [0.05, 0.1) is 18.6 Å². The molecule has 0 amide bonds. The largest absolute Gasteiger partial charge is 0.508 e. The van der Waals surface area contributed by atoms with Gasteiger partial charge in [0.25, 0.3) is 0 Å². The normalized spacial score (nSPS) is 14.4. The predicted molar refractivity (Wildman–Crippen MR) is 190 cm³/mol. The van der Waals surface area contributed by atoms with E-state index in [9.17, 15) is 4.79 Å². The van der Waals surface area contributed by atoms with Crippen molar-refractivity contribution in [2.45, 2.75) is 11.2 Å². The molecular formula is C44H38O5. The van der Waals surface area contributed by atoms with Crippen LogP contribution in [0.5, 0.6) is 0 Å². The Bertz CT molecular complexity index is 1580. The second kappa shape index (κ2) is 14.3. The Kier molecular flexibility index (Phi) is 9.38. The summed E-state index contributed by atoms with van der Waals surface area (Å²) in [6.45, 7) is 0.449. The second-order valence-electron chi connectivity index (χ2n) is 12.5. The van der Waals surface area contributed by atoms with Crippen LogP contribution in [0.4, 0.5) is 4.79 Å². The first kappa shape index (κ1) is 32.1. The summed E-state index contributed by atoms with van der Waals surface area (Å²) in [5.74, 6) is 0. The molecule has 0 radical (unpaired) electrons. The number of rotatable bonds is 12. The highest BCUT2D eigenvalue weighted by Gasteiger charge is 2.47. The maximum atomic E-state index is 12.4. The number of hydrogen-bond donors (Lipinski definition) is 0. The van der Waals surface area contributed by atoms with Crippen molar-refractivity contribution < 1.29 is 23.7 Å². The molecule has 1 heterocycles. The number of hydrogen-bond acceptors (Lipinski definition) is 5. The van der Waals surface area contributed by atoms with Crippen molar-refractivity contribution in [3.05, 3.63) is 215 Å². The van der Waals surface area contributed by atoms with E-state index < -0.39 is 22.8 Å². The van der Waals surface area contributed by atoms with E-state index in [1.807, 2.05) is 109 Å². The molecule has 6 aromatic carbocycles. The van der Waals surface area contributed by atoms with Crippen LogP contribution in [0.25, 0.3) is 0 Å². The molecule has 49 heavy (non-hydrogen) atoms. The zero-order chi connectivity index (χ0) is 33.4. The monoisotopic (exact) mass is 646 g/mol. The molecule has 0 atom stereocenters. The molecule has 0 bridgehead atoms. The summed E-state index contributed by atoms with van der Waals surface area (Å²) in [5.41, 5.74) is 3.04. The van der Waals surface area contributed by atoms with E-state index in [1.54, 1.807) is 0 Å². The van der Waals surface area contributed by atoms with E-state index in [1.165, 1.54) is 0 Å². The molecule has 1 saturated heterocycles. The van der Waals surface area contributed by atoms with E-state index in [2.05, 4.69) is 72.8 Å². The highest BCUT2D eigenvalue weighted by atomic mass is 16.7. The fourth-order valence-electron chi connectivity index (χ4n) is 6.78. The van der Waals surface area contributed by atoms with E-state index in [0.29, 0.717) is 0 Å². The van der Waals surface area contributed by atoms with Crippen molar-refractivity contribution in [3.8, 4) is 0 Å². The molecule has 1 fully saturated rings. The van der Waals surface area contributed by atoms with Crippen LogP contribution in [0.15, 0.2) is 182 Å². The van der Waals surface area contributed by atoms with Crippen LogP contribution in [0.2, 0.25) is 0 Å². The van der Waals surface area contributed by atoms with Crippen LogP contribution in [0.1, 0.15) is 33.4 Å². The predicted octanol–water partition coefficient (Wildman–Crippen LogP) is 9.16. The Labute approximate surface area is 287 Å². The fraction of sp³-hybridized carbons (Fsp3) is 0.159. The summed E-state index contributed by atoms with van der Waals surface area (Å²) in [6.07, 6.45) is -0.698. The molecule has 0 N–H and O–H groups in total. The lowest BCUT2D eigenvalue weighted by Gasteiger charge is -2.44. The van der Waals surface area contributed by atoms with Gasteiger partial charge in [-0.15, -0.1) is 0 Å². The van der Waals surface area contributed by atoms with Gasteiger partial charge >= 0.3 is 6.16 Å². The highest BCUT2D eigenvalue weighted by Crippen LogP contribution is 2.45. The smallest absolute Gasteiger partial charge is 0.433 e. The number of benzene rings is 6. The first-order valence-electron chi connectivity index (χ1n) is 16.6. The maximum Gasteiger partial charge on any atom is 0.508 e. The summed E-state index contributed by atoms with van der Waals surface area (Å²) < 4.78 is 25.9. The molecule has 5 heteroatoms. The van der Waals surface area contributed by atoms with Crippen molar-refractivity contribution in [2.75, 3.05) is 26.4 Å². The van der Waals surface area contributed by atoms with E-state index >= 15 is 0 Å². The molecule has 0 aromatic heterocycles. The fourth-order valence-corrected chi connectivity index (χ4v) is 6.78. The summed E-state index contributed by atoms with van der Waals surface area (Å²) in [5, 5.41) is 0. The van der Waals surface area contributed by atoms with E-state index in [-0.39, 0.29) is 26.4 Å². The van der Waals surface area contributed by atoms with Gasteiger partial charge in [0.1, 0.15) is 24.4 Å². The maximum absolute atomic E-state index is 12.4. The molecule has 5 nitrogen and oxygen atoms in total. The van der Waals surface area contributed by atoms with Gasteiger partial charge in [-0.1, -0.05) is 182 Å². The number of carbonyl (C=O) groups is 1. The Morgan fingerprint density at radius 1 is 0.408 bits per heavy atom. The van der Waals surface area contributed by atoms with Crippen molar-refractivity contribution in [2.24, 2.45) is 5.41 Å². The Morgan fingerprint density at radius 2 is 0.633 bits per heavy atom. The average molecular weight is 647 g/mol. The molecule has 244 valence electrons. The Morgan fingerprint density at radius 3 is 0.857 bits per heavy atom. The minimum atomic E-state index is -0.979. The summed E-state index contributed by atoms with van der Waals surface area (Å²) in [7, 11) is 0. The number of cyclic esters (lactones) is 2.